The van der Waals surface area contributed by atoms with Crippen molar-refractivity contribution in [1.82, 2.24) is 0 Å². The fraction of sp³-hybridized carbons (Fsp3) is 0.0645. The molecule has 2 unspecified atom stereocenters. The summed E-state index contributed by atoms with van der Waals surface area (Å²) in [7, 11) is 0. The van der Waals surface area contributed by atoms with Crippen LogP contribution in [0.25, 0.3) is 10.8 Å². The molecule has 5 heteroatoms. The summed E-state index contributed by atoms with van der Waals surface area (Å²) in [6.07, 6.45) is 0. The molecule has 0 heterocycles. The van der Waals surface area contributed by atoms with E-state index in [4.69, 9.17) is 0 Å². The number of hydrogen-bond acceptors (Lipinski definition) is 4. The number of nitro groups is 1. The van der Waals surface area contributed by atoms with Crippen molar-refractivity contribution < 1.29 is 9.72 Å². The molecule has 0 aliphatic carbocycles. The van der Waals surface area contributed by atoms with E-state index in [1.165, 1.54) is 12.1 Å². The predicted molar refractivity (Wildman–Crippen MR) is 143 cm³/mol. The van der Waals surface area contributed by atoms with Crippen LogP contribution in [-0.2, 0) is 0 Å². The quantitative estimate of drug-likeness (QED) is 0.144. The molecule has 0 saturated carbocycles. The zero-order valence-corrected chi connectivity index (χ0v) is 19.5. The number of nitrogens with one attached hydrogen (secondary N) is 1. The third-order valence-corrected chi connectivity index (χ3v) is 6.37. The standard InChI is InChI=1S/C31H24N2O3/c34-31(25-12-5-2-6-13-25)29(23-10-3-1-4-11-23)30(24-16-19-28(20-17-24)33(35)36)32-27-18-15-22-9-7-8-14-26(22)21-27/h1-21,29-30,32H. The highest BCUT2D eigenvalue weighted by atomic mass is 16.6. The summed E-state index contributed by atoms with van der Waals surface area (Å²) < 4.78 is 0. The van der Waals surface area contributed by atoms with Gasteiger partial charge in [-0.2, -0.15) is 0 Å². The van der Waals surface area contributed by atoms with Gasteiger partial charge in [0, 0.05) is 23.4 Å². The van der Waals surface area contributed by atoms with Crippen molar-refractivity contribution in [2.75, 3.05) is 5.32 Å². The topological polar surface area (TPSA) is 72.2 Å². The summed E-state index contributed by atoms with van der Waals surface area (Å²) in [5.74, 6) is -0.597. The summed E-state index contributed by atoms with van der Waals surface area (Å²) in [5, 5.41) is 17.1. The summed E-state index contributed by atoms with van der Waals surface area (Å²) in [5.41, 5.74) is 3.13. The molecule has 0 saturated heterocycles. The molecular formula is C31H24N2O3. The van der Waals surface area contributed by atoms with Crippen molar-refractivity contribution in [3.8, 4) is 0 Å². The van der Waals surface area contributed by atoms with E-state index in [1.54, 1.807) is 12.1 Å². The van der Waals surface area contributed by atoms with Crippen molar-refractivity contribution in [1.29, 1.82) is 0 Å². The lowest BCUT2D eigenvalue weighted by Gasteiger charge is -2.29. The first kappa shape index (κ1) is 23.0. The van der Waals surface area contributed by atoms with Crippen LogP contribution in [0.1, 0.15) is 33.4 Å². The van der Waals surface area contributed by atoms with E-state index in [2.05, 4.69) is 17.4 Å². The van der Waals surface area contributed by atoms with E-state index in [0.717, 1.165) is 27.6 Å². The minimum absolute atomic E-state index is 0.00820. The van der Waals surface area contributed by atoms with Gasteiger partial charge in [-0.3, -0.25) is 14.9 Å². The Bertz CT molecular complexity index is 1500. The largest absolute Gasteiger partial charge is 0.377 e. The van der Waals surface area contributed by atoms with Crippen LogP contribution in [0.5, 0.6) is 0 Å². The number of non-ortho nitro benzene ring substituents is 1. The molecule has 5 aromatic carbocycles. The molecule has 1 N–H and O–H groups in total. The maximum absolute atomic E-state index is 14.0. The maximum Gasteiger partial charge on any atom is 0.269 e. The molecule has 0 radical (unpaired) electrons. The second kappa shape index (κ2) is 10.2. The van der Waals surface area contributed by atoms with Gasteiger partial charge in [-0.15, -0.1) is 0 Å². The SMILES string of the molecule is O=C(c1ccccc1)C(c1ccccc1)C(Nc1ccc2ccccc2c1)c1ccc([N+](=O)[O-])cc1. The van der Waals surface area contributed by atoms with Gasteiger partial charge >= 0.3 is 0 Å². The number of carbonyl (C=O) groups is 1. The average molecular weight is 473 g/mol. The van der Waals surface area contributed by atoms with Crippen molar-refractivity contribution in [2.45, 2.75) is 12.0 Å². The van der Waals surface area contributed by atoms with Crippen LogP contribution in [0.4, 0.5) is 11.4 Å². The fourth-order valence-electron chi connectivity index (χ4n) is 4.56. The van der Waals surface area contributed by atoms with E-state index < -0.39 is 16.9 Å². The Balaban J connectivity index is 1.64. The predicted octanol–water partition coefficient (Wildman–Crippen LogP) is 7.57. The second-order valence-corrected chi connectivity index (χ2v) is 8.65. The Morgan fingerprint density at radius 3 is 1.94 bits per heavy atom. The Morgan fingerprint density at radius 2 is 1.28 bits per heavy atom. The molecule has 36 heavy (non-hydrogen) atoms. The number of anilines is 1. The molecule has 0 aliphatic heterocycles. The summed E-state index contributed by atoms with van der Waals surface area (Å²) in [4.78, 5) is 24.9. The zero-order valence-electron chi connectivity index (χ0n) is 19.5. The molecule has 0 amide bonds. The van der Waals surface area contributed by atoms with Gasteiger partial charge in [0.05, 0.1) is 16.9 Å². The van der Waals surface area contributed by atoms with E-state index in [-0.39, 0.29) is 11.5 Å². The van der Waals surface area contributed by atoms with Crippen molar-refractivity contribution in [3.63, 3.8) is 0 Å². The first-order valence-corrected chi connectivity index (χ1v) is 11.7. The van der Waals surface area contributed by atoms with Gasteiger partial charge in [0.2, 0.25) is 0 Å². The van der Waals surface area contributed by atoms with E-state index in [1.807, 2.05) is 91.0 Å². The Morgan fingerprint density at radius 1 is 0.667 bits per heavy atom. The van der Waals surface area contributed by atoms with Gasteiger partial charge in [-0.25, -0.2) is 0 Å². The van der Waals surface area contributed by atoms with Gasteiger partial charge in [0.25, 0.3) is 5.69 Å². The van der Waals surface area contributed by atoms with E-state index >= 15 is 0 Å². The number of carbonyl (C=O) groups excluding carboxylic acids is 1. The van der Waals surface area contributed by atoms with Crippen LogP contribution in [0.3, 0.4) is 0 Å². The maximum atomic E-state index is 14.0. The molecule has 5 aromatic rings. The highest BCUT2D eigenvalue weighted by Crippen LogP contribution is 2.38. The molecule has 0 aromatic heterocycles. The number of nitro benzene ring substituents is 1. The number of rotatable bonds is 8. The number of Topliss-reactive ketones (excluding diaryl/α,β-unsaturated/α-hetero) is 1. The summed E-state index contributed by atoms with van der Waals surface area (Å²) in [6.45, 7) is 0. The van der Waals surface area contributed by atoms with Crippen LogP contribution in [0, 0.1) is 10.1 Å². The number of benzene rings is 5. The van der Waals surface area contributed by atoms with Crippen molar-refractivity contribution >= 4 is 27.9 Å². The van der Waals surface area contributed by atoms with E-state index in [9.17, 15) is 14.9 Å². The first-order chi connectivity index (χ1) is 17.6. The molecule has 0 aliphatic rings. The average Bonchev–Trinajstić information content (AvgIpc) is 2.93. The molecular weight excluding hydrogens is 448 g/mol. The summed E-state index contributed by atoms with van der Waals surface area (Å²) >= 11 is 0. The molecule has 5 rings (SSSR count). The number of fused-ring (bicyclic) bond motifs is 1. The highest BCUT2D eigenvalue weighted by Gasteiger charge is 2.32. The zero-order chi connectivity index (χ0) is 24.9. The Hall–Kier alpha value is -4.77. The van der Waals surface area contributed by atoms with Gasteiger partial charge in [0.1, 0.15) is 0 Å². The van der Waals surface area contributed by atoms with Gasteiger partial charge in [0.15, 0.2) is 5.78 Å². The second-order valence-electron chi connectivity index (χ2n) is 8.65. The highest BCUT2D eigenvalue weighted by molar-refractivity contribution is 6.02. The lowest BCUT2D eigenvalue weighted by Crippen LogP contribution is -2.26. The van der Waals surface area contributed by atoms with Crippen LogP contribution in [0.15, 0.2) is 127 Å². The van der Waals surface area contributed by atoms with Gasteiger partial charge in [-0.05, 0) is 34.0 Å². The lowest BCUT2D eigenvalue weighted by atomic mass is 9.81. The third-order valence-electron chi connectivity index (χ3n) is 6.37. The smallest absolute Gasteiger partial charge is 0.269 e. The van der Waals surface area contributed by atoms with Crippen molar-refractivity contribution in [2.24, 2.45) is 0 Å². The molecule has 0 fully saturated rings. The number of hydrogen-bond donors (Lipinski definition) is 1. The molecule has 176 valence electrons. The number of ketones is 1. The molecule has 5 nitrogen and oxygen atoms in total. The van der Waals surface area contributed by atoms with Crippen molar-refractivity contribution in [3.05, 3.63) is 154 Å². The summed E-state index contributed by atoms with van der Waals surface area (Å²) in [6, 6.07) is 39.0. The Labute approximate surface area is 209 Å². The number of nitrogens with zero attached hydrogens (tertiary/aromatic N) is 1. The first-order valence-electron chi connectivity index (χ1n) is 11.7. The molecule has 0 bridgehead atoms. The molecule has 0 spiro atoms. The lowest BCUT2D eigenvalue weighted by molar-refractivity contribution is -0.384. The van der Waals surface area contributed by atoms with Gasteiger partial charge in [-0.1, -0.05) is 103 Å². The fourth-order valence-corrected chi connectivity index (χ4v) is 4.56. The van der Waals surface area contributed by atoms with E-state index in [0.29, 0.717) is 5.56 Å². The van der Waals surface area contributed by atoms with Crippen LogP contribution in [-0.4, -0.2) is 10.7 Å². The van der Waals surface area contributed by atoms with Crippen LogP contribution < -0.4 is 5.32 Å². The van der Waals surface area contributed by atoms with Gasteiger partial charge < -0.3 is 5.32 Å². The third kappa shape index (κ3) is 4.86. The van der Waals surface area contributed by atoms with Crippen LogP contribution >= 0.6 is 0 Å². The Kier molecular flexibility index (Phi) is 6.54. The minimum Gasteiger partial charge on any atom is -0.377 e. The minimum atomic E-state index is -0.568. The normalized spacial score (nSPS) is 12.6. The van der Waals surface area contributed by atoms with Crippen LogP contribution in [0.2, 0.25) is 0 Å². The monoisotopic (exact) mass is 472 g/mol. The molecule has 2 atom stereocenters.